The highest BCUT2D eigenvalue weighted by Crippen LogP contribution is 2.57. The Morgan fingerprint density at radius 3 is 2.46 bits per heavy atom. The lowest BCUT2D eigenvalue weighted by molar-refractivity contribution is -0.112. The molecule has 0 saturated carbocycles. The summed E-state index contributed by atoms with van der Waals surface area (Å²) in [5.41, 5.74) is -1.66. The summed E-state index contributed by atoms with van der Waals surface area (Å²) >= 11 is 0. The molecule has 1 aromatic carbocycles. The Kier molecular flexibility index (Phi) is 6.30. The number of morpholine rings is 1. The van der Waals surface area contributed by atoms with Crippen LogP contribution in [0.25, 0.3) is 0 Å². The molecular formula is C14H20NO7PS. The van der Waals surface area contributed by atoms with Crippen molar-refractivity contribution in [3.8, 4) is 0 Å². The fourth-order valence-corrected chi connectivity index (χ4v) is 5.84. The molecule has 134 valence electrons. The highest BCUT2D eigenvalue weighted by Gasteiger charge is 2.47. The second-order valence-corrected chi connectivity index (χ2v) is 8.90. The number of hydrogen-bond acceptors (Lipinski definition) is 6. The Bertz CT molecular complexity index is 716. The van der Waals surface area contributed by atoms with Gasteiger partial charge in [0, 0.05) is 13.1 Å². The highest BCUT2D eigenvalue weighted by atomic mass is 32.2. The van der Waals surface area contributed by atoms with Gasteiger partial charge in [-0.1, -0.05) is 30.3 Å². The molecule has 0 radical (unpaired) electrons. The molecule has 1 aliphatic rings. The van der Waals surface area contributed by atoms with Crippen molar-refractivity contribution in [2.45, 2.75) is 12.6 Å². The molecule has 1 aliphatic heterocycles. The van der Waals surface area contributed by atoms with Gasteiger partial charge in [0.1, 0.15) is 0 Å². The van der Waals surface area contributed by atoms with Crippen molar-refractivity contribution in [2.24, 2.45) is 0 Å². The molecular weight excluding hydrogens is 357 g/mol. The van der Waals surface area contributed by atoms with Crippen LogP contribution < -0.4 is 0 Å². The van der Waals surface area contributed by atoms with E-state index in [0.29, 0.717) is 0 Å². The Labute approximate surface area is 141 Å². The van der Waals surface area contributed by atoms with Gasteiger partial charge in [-0.15, -0.1) is 0 Å². The maximum atomic E-state index is 12.7. The van der Waals surface area contributed by atoms with Gasteiger partial charge in [-0.05, 0) is 12.5 Å². The first kappa shape index (κ1) is 19.2. The smallest absolute Gasteiger partial charge is 0.344 e. The van der Waals surface area contributed by atoms with E-state index < -0.39 is 28.4 Å². The summed E-state index contributed by atoms with van der Waals surface area (Å²) in [5, 5.41) is -1.34. The van der Waals surface area contributed by atoms with E-state index in [0.717, 1.165) is 4.31 Å². The molecule has 0 aromatic heterocycles. The van der Waals surface area contributed by atoms with E-state index in [1.165, 1.54) is 19.1 Å². The Morgan fingerprint density at radius 2 is 1.92 bits per heavy atom. The first-order valence-electron chi connectivity index (χ1n) is 7.44. The van der Waals surface area contributed by atoms with Crippen LogP contribution in [0.1, 0.15) is 18.1 Å². The van der Waals surface area contributed by atoms with Gasteiger partial charge in [-0.2, -0.15) is 4.31 Å². The zero-order valence-corrected chi connectivity index (χ0v) is 14.9. The molecule has 2 unspecified atom stereocenters. The molecule has 1 fully saturated rings. The van der Waals surface area contributed by atoms with Crippen LogP contribution in [0.2, 0.25) is 0 Å². The zero-order valence-electron chi connectivity index (χ0n) is 13.2. The van der Waals surface area contributed by atoms with E-state index in [2.05, 4.69) is 0 Å². The Balaban J connectivity index is 2.43. The fraction of sp³-hybridized carbons (Fsp3) is 0.500. The molecule has 2 atom stereocenters. The van der Waals surface area contributed by atoms with E-state index in [-0.39, 0.29) is 38.5 Å². The number of carbonyl (C=O) groups excluding carboxylic acids is 1. The predicted molar refractivity (Wildman–Crippen MR) is 87.0 cm³/mol. The first-order valence-corrected chi connectivity index (χ1v) is 10.5. The van der Waals surface area contributed by atoms with Crippen molar-refractivity contribution in [1.29, 1.82) is 0 Å². The minimum Gasteiger partial charge on any atom is -0.379 e. The van der Waals surface area contributed by atoms with Gasteiger partial charge in [0.25, 0.3) is 15.1 Å². The number of hydrogen-bond donors (Lipinski definition) is 1. The summed E-state index contributed by atoms with van der Waals surface area (Å²) < 4.78 is 48.5. The van der Waals surface area contributed by atoms with Crippen LogP contribution in [0.5, 0.6) is 0 Å². The van der Waals surface area contributed by atoms with E-state index in [1.54, 1.807) is 18.2 Å². The van der Waals surface area contributed by atoms with Crippen LogP contribution in [0.3, 0.4) is 0 Å². The monoisotopic (exact) mass is 377 g/mol. The lowest BCUT2D eigenvalue weighted by atomic mass is 10.2. The summed E-state index contributed by atoms with van der Waals surface area (Å²) in [4.78, 5) is 22.9. The summed E-state index contributed by atoms with van der Waals surface area (Å²) in [6.45, 7) is 1.77. The lowest BCUT2D eigenvalue weighted by Gasteiger charge is -2.28. The standard InChI is InChI=1S/C14H20NO7PS/c1-2-22-23(17,18)13(12-6-4-3-5-7-12)14(16)24(19,20)15-8-10-21-11-9-15/h3-7,13H,2,8-11H2,1H3,(H,17,18). The van der Waals surface area contributed by atoms with Crippen LogP contribution in [0.4, 0.5) is 0 Å². The third-order valence-corrected chi connectivity index (χ3v) is 7.32. The second-order valence-electron chi connectivity index (χ2n) is 5.13. The third kappa shape index (κ3) is 4.11. The topological polar surface area (TPSA) is 110 Å². The number of carbonyl (C=O) groups is 1. The van der Waals surface area contributed by atoms with Crippen LogP contribution in [-0.2, 0) is 28.6 Å². The quantitative estimate of drug-likeness (QED) is 0.740. The van der Waals surface area contributed by atoms with Gasteiger partial charge < -0.3 is 14.2 Å². The normalized spacial score (nSPS) is 20.2. The lowest BCUT2D eigenvalue weighted by Crippen LogP contribution is -2.45. The molecule has 0 amide bonds. The van der Waals surface area contributed by atoms with E-state index in [4.69, 9.17) is 9.26 Å². The fourth-order valence-electron chi connectivity index (χ4n) is 2.41. The van der Waals surface area contributed by atoms with Gasteiger partial charge in [0.15, 0.2) is 5.66 Å². The van der Waals surface area contributed by atoms with Gasteiger partial charge in [0.2, 0.25) is 0 Å². The maximum Gasteiger partial charge on any atom is 0.344 e. The summed E-state index contributed by atoms with van der Waals surface area (Å²) in [6, 6.07) is 7.63. The van der Waals surface area contributed by atoms with Crippen molar-refractivity contribution >= 4 is 22.7 Å². The first-order chi connectivity index (χ1) is 11.3. The van der Waals surface area contributed by atoms with Gasteiger partial charge in [0.05, 0.1) is 19.8 Å². The number of nitrogens with zero attached hydrogens (tertiary/aromatic N) is 1. The molecule has 0 bridgehead atoms. The minimum absolute atomic E-state index is 0.0277. The molecule has 10 heteroatoms. The van der Waals surface area contributed by atoms with E-state index in [1.807, 2.05) is 0 Å². The van der Waals surface area contributed by atoms with E-state index in [9.17, 15) is 22.7 Å². The largest absolute Gasteiger partial charge is 0.379 e. The predicted octanol–water partition coefficient (Wildman–Crippen LogP) is 1.14. The van der Waals surface area contributed by atoms with Crippen molar-refractivity contribution in [2.75, 3.05) is 32.9 Å². The maximum absolute atomic E-state index is 12.7. The summed E-state index contributed by atoms with van der Waals surface area (Å²) in [7, 11) is -8.92. The molecule has 1 heterocycles. The van der Waals surface area contributed by atoms with Gasteiger partial charge in [-0.3, -0.25) is 9.36 Å². The Morgan fingerprint density at radius 1 is 1.33 bits per heavy atom. The number of benzene rings is 1. The number of sulfonamides is 1. The molecule has 1 saturated heterocycles. The number of rotatable bonds is 6. The summed E-state index contributed by atoms with van der Waals surface area (Å²) in [5.74, 6) is 0. The average molecular weight is 377 g/mol. The van der Waals surface area contributed by atoms with Crippen LogP contribution in [0.15, 0.2) is 30.3 Å². The van der Waals surface area contributed by atoms with Gasteiger partial charge in [-0.25, -0.2) is 8.42 Å². The van der Waals surface area contributed by atoms with Crippen LogP contribution in [-0.4, -0.2) is 55.6 Å². The van der Waals surface area contributed by atoms with Crippen molar-refractivity contribution in [3.05, 3.63) is 35.9 Å². The molecule has 0 aliphatic carbocycles. The molecule has 8 nitrogen and oxygen atoms in total. The van der Waals surface area contributed by atoms with Crippen molar-refractivity contribution < 1.29 is 31.9 Å². The van der Waals surface area contributed by atoms with E-state index >= 15 is 0 Å². The molecule has 2 rings (SSSR count). The van der Waals surface area contributed by atoms with Crippen LogP contribution in [0, 0.1) is 0 Å². The molecule has 24 heavy (non-hydrogen) atoms. The zero-order chi connectivity index (χ0) is 17.8. The average Bonchev–Trinajstić information content (AvgIpc) is 2.56. The SMILES string of the molecule is CCOP(=O)(O)C(C(=O)S(=O)(=O)N1CCOCC1)c1ccccc1. The minimum atomic E-state index is -4.51. The third-order valence-electron chi connectivity index (χ3n) is 3.54. The number of ether oxygens (including phenoxy) is 1. The van der Waals surface area contributed by atoms with Crippen LogP contribution >= 0.6 is 7.60 Å². The summed E-state index contributed by atoms with van der Waals surface area (Å²) in [6.07, 6.45) is 0. The van der Waals surface area contributed by atoms with Crippen molar-refractivity contribution in [1.82, 2.24) is 4.31 Å². The molecule has 1 N–H and O–H groups in total. The van der Waals surface area contributed by atoms with Gasteiger partial charge >= 0.3 is 7.60 Å². The highest BCUT2D eigenvalue weighted by molar-refractivity contribution is 8.04. The molecule has 0 spiro atoms. The second kappa shape index (κ2) is 7.86. The molecule has 1 aromatic rings. The van der Waals surface area contributed by atoms with Crippen molar-refractivity contribution in [3.63, 3.8) is 0 Å². The Hall–Kier alpha value is -1.09.